The van der Waals surface area contributed by atoms with Crippen molar-refractivity contribution >= 4 is 11.0 Å². The molecule has 0 saturated heterocycles. The Morgan fingerprint density at radius 1 is 0.833 bits per heavy atom. The summed E-state index contributed by atoms with van der Waals surface area (Å²) >= 11 is 0. The van der Waals surface area contributed by atoms with E-state index in [-0.39, 0.29) is 16.7 Å². The Kier molecular flexibility index (Phi) is 6.36. The van der Waals surface area contributed by atoms with E-state index in [1.165, 1.54) is 11.1 Å². The lowest BCUT2D eigenvalue weighted by Gasteiger charge is -2.33. The molecular weight excluding hydrogens is 314 g/mol. The fourth-order valence-corrected chi connectivity index (χ4v) is 3.83. The molecule has 0 bridgehead atoms. The number of hydrogen-bond acceptors (Lipinski definition) is 1. The van der Waals surface area contributed by atoms with Crippen LogP contribution >= 0.6 is 0 Å². The molecule has 2 rings (SSSR count). The molecule has 0 aliphatic carbocycles. The van der Waals surface area contributed by atoms with Crippen LogP contribution in [0.2, 0.25) is 0 Å². The van der Waals surface area contributed by atoms with Gasteiger partial charge in [0.1, 0.15) is 0 Å². The molecule has 0 heterocycles. The average Bonchev–Trinajstić information content (AvgIpc) is 2.55. The van der Waals surface area contributed by atoms with Gasteiger partial charge in [-0.25, -0.2) is 8.93 Å². The lowest BCUT2D eigenvalue weighted by molar-refractivity contribution is 0.417. The number of hydrogen-bond donors (Lipinski definition) is 1. The molecule has 0 aliphatic rings. The Balaban J connectivity index is 2.45. The first kappa shape index (κ1) is 18.9. The Hall–Kier alpha value is -1.45. The summed E-state index contributed by atoms with van der Waals surface area (Å²) in [6.45, 7) is 10.4. The molecule has 0 aromatic heterocycles. The molecule has 0 unspecified atom stereocenters. The summed E-state index contributed by atoms with van der Waals surface area (Å²) in [5.74, 6) is 0.514. The lowest BCUT2D eigenvalue weighted by atomic mass is 9.81. The van der Waals surface area contributed by atoms with E-state index in [1.807, 2.05) is 32.9 Å². The summed E-state index contributed by atoms with van der Waals surface area (Å²) in [6.07, 6.45) is 0. The quantitative estimate of drug-likeness (QED) is 0.794. The van der Waals surface area contributed by atoms with Gasteiger partial charge in [0.15, 0.2) is 0 Å². The van der Waals surface area contributed by atoms with Gasteiger partial charge in [-0.1, -0.05) is 74.5 Å². The largest absolute Gasteiger partial charge is 0.242 e. The van der Waals surface area contributed by atoms with E-state index in [0.717, 1.165) is 0 Å². The molecule has 2 aromatic carbocycles. The third kappa shape index (κ3) is 4.78. The molecule has 0 amide bonds. The standard InChI is InChI=1S/C21H29NOS/c1-16(2)20(22-24(23)21(3,4)5)19(17-12-8-6-9-13-17)18-14-10-7-11-15-18/h6-16,19-20,22H,1-5H3/t20-,24+/m0/s1. The summed E-state index contributed by atoms with van der Waals surface area (Å²) < 4.78 is 15.9. The molecule has 0 aliphatic heterocycles. The van der Waals surface area contributed by atoms with Crippen LogP contribution in [0.1, 0.15) is 51.7 Å². The summed E-state index contributed by atoms with van der Waals surface area (Å²) in [5, 5.41) is 0. The molecule has 0 fully saturated rings. The summed E-state index contributed by atoms with van der Waals surface area (Å²) in [7, 11) is -1.11. The normalized spacial score (nSPS) is 14.8. The molecule has 24 heavy (non-hydrogen) atoms. The fraction of sp³-hybridized carbons (Fsp3) is 0.429. The Bertz CT molecular complexity index is 607. The number of benzene rings is 2. The van der Waals surface area contributed by atoms with E-state index in [9.17, 15) is 4.21 Å². The maximum Gasteiger partial charge on any atom is 0.0973 e. The molecule has 0 saturated carbocycles. The van der Waals surface area contributed by atoms with Crippen molar-refractivity contribution in [3.8, 4) is 0 Å². The zero-order chi connectivity index (χ0) is 17.7. The van der Waals surface area contributed by atoms with Crippen LogP contribution in [-0.4, -0.2) is 15.0 Å². The first-order valence-electron chi connectivity index (χ1n) is 8.58. The van der Waals surface area contributed by atoms with Crippen LogP contribution in [0, 0.1) is 5.92 Å². The van der Waals surface area contributed by atoms with Gasteiger partial charge in [0, 0.05) is 12.0 Å². The Morgan fingerprint density at radius 2 is 1.25 bits per heavy atom. The van der Waals surface area contributed by atoms with Gasteiger partial charge in [-0.15, -0.1) is 0 Å². The molecular formula is C21H29NOS. The van der Waals surface area contributed by atoms with Crippen molar-refractivity contribution in [2.24, 2.45) is 5.92 Å². The highest BCUT2D eigenvalue weighted by Crippen LogP contribution is 2.32. The van der Waals surface area contributed by atoms with Gasteiger partial charge < -0.3 is 0 Å². The van der Waals surface area contributed by atoms with Gasteiger partial charge in [-0.2, -0.15) is 0 Å². The Morgan fingerprint density at radius 3 is 1.58 bits per heavy atom. The van der Waals surface area contributed by atoms with Crippen molar-refractivity contribution in [2.75, 3.05) is 0 Å². The van der Waals surface area contributed by atoms with Gasteiger partial charge in [-0.05, 0) is 37.8 Å². The van der Waals surface area contributed by atoms with Crippen LogP contribution in [0.5, 0.6) is 0 Å². The zero-order valence-electron chi connectivity index (χ0n) is 15.3. The lowest BCUT2D eigenvalue weighted by Crippen LogP contribution is -2.45. The molecule has 130 valence electrons. The number of rotatable bonds is 6. The van der Waals surface area contributed by atoms with Crippen molar-refractivity contribution in [1.29, 1.82) is 0 Å². The molecule has 0 spiro atoms. The maximum absolute atomic E-state index is 12.7. The van der Waals surface area contributed by atoms with Gasteiger partial charge in [0.25, 0.3) is 0 Å². The van der Waals surface area contributed by atoms with Gasteiger partial charge >= 0.3 is 0 Å². The molecule has 2 nitrogen and oxygen atoms in total. The van der Waals surface area contributed by atoms with E-state index in [1.54, 1.807) is 0 Å². The van der Waals surface area contributed by atoms with Crippen LogP contribution in [0.4, 0.5) is 0 Å². The first-order valence-corrected chi connectivity index (χ1v) is 9.73. The van der Waals surface area contributed by atoms with E-state index < -0.39 is 11.0 Å². The molecule has 0 radical (unpaired) electrons. The average molecular weight is 344 g/mol. The van der Waals surface area contributed by atoms with Crippen LogP contribution < -0.4 is 4.72 Å². The Labute approximate surface area is 149 Å². The molecule has 1 N–H and O–H groups in total. The highest BCUT2D eigenvalue weighted by atomic mass is 32.2. The van der Waals surface area contributed by atoms with Gasteiger partial charge in [-0.3, -0.25) is 0 Å². The maximum atomic E-state index is 12.7. The van der Waals surface area contributed by atoms with Crippen molar-refractivity contribution < 1.29 is 4.21 Å². The fourth-order valence-electron chi connectivity index (χ4n) is 2.82. The second-order valence-electron chi connectivity index (χ2n) is 7.57. The van der Waals surface area contributed by atoms with Crippen LogP contribution in [0.15, 0.2) is 60.7 Å². The van der Waals surface area contributed by atoms with Crippen molar-refractivity contribution in [2.45, 2.75) is 51.3 Å². The summed E-state index contributed by atoms with van der Waals surface area (Å²) in [6, 6.07) is 21.1. The predicted octanol–water partition coefficient (Wildman–Crippen LogP) is 4.89. The minimum absolute atomic E-state index is 0.0925. The molecule has 2 atom stereocenters. The van der Waals surface area contributed by atoms with E-state index in [0.29, 0.717) is 5.92 Å². The van der Waals surface area contributed by atoms with E-state index in [2.05, 4.69) is 67.1 Å². The molecule has 2 aromatic rings. The zero-order valence-corrected chi connectivity index (χ0v) is 16.1. The summed E-state index contributed by atoms with van der Waals surface area (Å²) in [4.78, 5) is 0. The second kappa shape index (κ2) is 8.09. The minimum atomic E-state index is -1.11. The van der Waals surface area contributed by atoms with Crippen molar-refractivity contribution in [1.82, 2.24) is 4.72 Å². The first-order chi connectivity index (χ1) is 11.3. The smallest absolute Gasteiger partial charge is 0.0973 e. The van der Waals surface area contributed by atoms with Crippen molar-refractivity contribution in [3.05, 3.63) is 71.8 Å². The van der Waals surface area contributed by atoms with Crippen molar-refractivity contribution in [3.63, 3.8) is 0 Å². The third-order valence-corrected chi connectivity index (χ3v) is 5.79. The number of nitrogens with one attached hydrogen (secondary N) is 1. The van der Waals surface area contributed by atoms with Gasteiger partial charge in [0.2, 0.25) is 0 Å². The predicted molar refractivity (Wildman–Crippen MR) is 104 cm³/mol. The van der Waals surface area contributed by atoms with Crippen LogP contribution in [0.25, 0.3) is 0 Å². The second-order valence-corrected chi connectivity index (χ2v) is 9.57. The highest BCUT2D eigenvalue weighted by molar-refractivity contribution is 7.84. The van der Waals surface area contributed by atoms with E-state index in [4.69, 9.17) is 0 Å². The summed E-state index contributed by atoms with van der Waals surface area (Å²) in [5.41, 5.74) is 2.50. The van der Waals surface area contributed by atoms with Gasteiger partial charge in [0.05, 0.1) is 15.7 Å². The minimum Gasteiger partial charge on any atom is -0.242 e. The monoisotopic (exact) mass is 343 g/mol. The SMILES string of the molecule is CC(C)[C@H](N[S@](=O)C(C)(C)C)C(c1ccccc1)c1ccccc1. The van der Waals surface area contributed by atoms with E-state index >= 15 is 0 Å². The highest BCUT2D eigenvalue weighted by Gasteiger charge is 2.31. The van der Waals surface area contributed by atoms with Crippen LogP contribution in [-0.2, 0) is 11.0 Å². The topological polar surface area (TPSA) is 29.1 Å². The van der Waals surface area contributed by atoms with Crippen LogP contribution in [0.3, 0.4) is 0 Å². The molecule has 3 heteroatoms. The third-order valence-electron chi connectivity index (χ3n) is 4.19.